The van der Waals surface area contributed by atoms with E-state index in [2.05, 4.69) is 15.7 Å². The van der Waals surface area contributed by atoms with Gasteiger partial charge in [-0.25, -0.2) is 10.2 Å². The maximum atomic E-state index is 11.8. The number of hydrogen-bond acceptors (Lipinski definition) is 7. The number of nitrogens with two attached hydrogens (primary N) is 1. The third-order valence-corrected chi connectivity index (χ3v) is 4.82. The van der Waals surface area contributed by atoms with Crippen LogP contribution in [0.1, 0.15) is 5.56 Å². The van der Waals surface area contributed by atoms with E-state index in [0.717, 1.165) is 10.4 Å². The lowest BCUT2D eigenvalue weighted by Gasteiger charge is -2.06. The standard InChI is InChI=1S/C15H15N5O2S2/c16-20-14(12-7-4-8-23-12)17-18-15(20)24-10-13(21)19-22-9-11-5-2-1-3-6-11/h1-8H,9-10,16H2,(H,19,21). The summed E-state index contributed by atoms with van der Waals surface area (Å²) in [5, 5.41) is 10.5. The van der Waals surface area contributed by atoms with Crippen molar-refractivity contribution in [3.8, 4) is 10.7 Å². The Morgan fingerprint density at radius 2 is 2.08 bits per heavy atom. The topological polar surface area (TPSA) is 95.1 Å². The molecule has 24 heavy (non-hydrogen) atoms. The van der Waals surface area contributed by atoms with Crippen molar-refractivity contribution < 1.29 is 9.63 Å². The number of thiophene rings is 1. The van der Waals surface area contributed by atoms with Crippen LogP contribution in [0.2, 0.25) is 0 Å². The first kappa shape index (κ1) is 16.5. The van der Waals surface area contributed by atoms with Gasteiger partial charge >= 0.3 is 0 Å². The Balaban J connectivity index is 1.46. The normalized spacial score (nSPS) is 10.7. The van der Waals surface area contributed by atoms with Crippen LogP contribution in [0.3, 0.4) is 0 Å². The van der Waals surface area contributed by atoms with E-state index in [4.69, 9.17) is 10.7 Å². The molecule has 0 aliphatic heterocycles. The number of aromatic nitrogens is 3. The van der Waals surface area contributed by atoms with Gasteiger partial charge in [-0.3, -0.25) is 9.63 Å². The van der Waals surface area contributed by atoms with E-state index < -0.39 is 0 Å². The molecule has 0 spiro atoms. The fraction of sp³-hybridized carbons (Fsp3) is 0.133. The van der Waals surface area contributed by atoms with E-state index in [1.807, 2.05) is 47.8 Å². The van der Waals surface area contributed by atoms with Crippen LogP contribution in [0.4, 0.5) is 0 Å². The molecule has 0 bridgehead atoms. The number of nitrogen functional groups attached to an aromatic ring is 1. The van der Waals surface area contributed by atoms with Crippen molar-refractivity contribution in [3.63, 3.8) is 0 Å². The molecule has 2 heterocycles. The summed E-state index contributed by atoms with van der Waals surface area (Å²) in [5.74, 6) is 6.41. The molecule has 124 valence electrons. The average Bonchev–Trinajstić information content (AvgIpc) is 3.24. The monoisotopic (exact) mass is 361 g/mol. The fourth-order valence-corrected chi connectivity index (χ4v) is 3.23. The Morgan fingerprint density at radius 1 is 1.25 bits per heavy atom. The second-order valence-electron chi connectivity index (χ2n) is 4.74. The Labute approximate surface area is 146 Å². The summed E-state index contributed by atoms with van der Waals surface area (Å²) < 4.78 is 1.38. The Bertz CT molecular complexity index is 790. The van der Waals surface area contributed by atoms with Gasteiger partial charge in [0.05, 0.1) is 17.2 Å². The Kier molecular flexibility index (Phi) is 5.47. The molecule has 3 N–H and O–H groups in total. The van der Waals surface area contributed by atoms with Gasteiger partial charge in [-0.1, -0.05) is 48.2 Å². The molecule has 0 aliphatic carbocycles. The Hall–Kier alpha value is -2.36. The highest BCUT2D eigenvalue weighted by atomic mass is 32.2. The van der Waals surface area contributed by atoms with E-state index in [1.54, 1.807) is 0 Å². The lowest BCUT2D eigenvalue weighted by atomic mass is 10.2. The first-order chi connectivity index (χ1) is 11.7. The fourth-order valence-electron chi connectivity index (χ4n) is 1.88. The zero-order valence-electron chi connectivity index (χ0n) is 12.6. The number of thioether (sulfide) groups is 1. The second kappa shape index (κ2) is 7.95. The predicted molar refractivity (Wildman–Crippen MR) is 93.6 cm³/mol. The highest BCUT2D eigenvalue weighted by molar-refractivity contribution is 7.99. The SMILES string of the molecule is Nn1c(SCC(=O)NOCc2ccccc2)nnc1-c1cccs1. The smallest absolute Gasteiger partial charge is 0.254 e. The van der Waals surface area contributed by atoms with Gasteiger partial charge in [0.15, 0.2) is 5.82 Å². The number of hydrogen-bond donors (Lipinski definition) is 2. The van der Waals surface area contributed by atoms with Gasteiger partial charge in [-0.05, 0) is 17.0 Å². The Morgan fingerprint density at radius 3 is 2.83 bits per heavy atom. The summed E-state index contributed by atoms with van der Waals surface area (Å²) in [4.78, 5) is 17.9. The van der Waals surface area contributed by atoms with Crippen LogP contribution in [0.25, 0.3) is 10.7 Å². The van der Waals surface area contributed by atoms with Crippen molar-refractivity contribution in [2.75, 3.05) is 11.6 Å². The number of carbonyl (C=O) groups excluding carboxylic acids is 1. The molecule has 3 rings (SSSR count). The minimum atomic E-state index is -0.267. The largest absolute Gasteiger partial charge is 0.335 e. The van der Waals surface area contributed by atoms with Gasteiger partial charge in [0, 0.05) is 0 Å². The number of hydroxylamine groups is 1. The van der Waals surface area contributed by atoms with Crippen molar-refractivity contribution in [2.45, 2.75) is 11.8 Å². The molecule has 0 aliphatic rings. The van der Waals surface area contributed by atoms with Crippen LogP contribution in [-0.4, -0.2) is 26.5 Å². The van der Waals surface area contributed by atoms with Crippen molar-refractivity contribution in [1.82, 2.24) is 20.4 Å². The van der Waals surface area contributed by atoms with E-state index in [0.29, 0.717) is 17.6 Å². The average molecular weight is 361 g/mol. The predicted octanol–water partition coefficient (Wildman–Crippen LogP) is 2.06. The highest BCUT2D eigenvalue weighted by Gasteiger charge is 2.14. The van der Waals surface area contributed by atoms with Crippen molar-refractivity contribution in [1.29, 1.82) is 0 Å². The summed E-state index contributed by atoms with van der Waals surface area (Å²) in [7, 11) is 0. The first-order valence-electron chi connectivity index (χ1n) is 7.06. The molecule has 3 aromatic rings. The van der Waals surface area contributed by atoms with E-state index >= 15 is 0 Å². The van der Waals surface area contributed by atoms with Gasteiger partial charge < -0.3 is 5.84 Å². The minimum absolute atomic E-state index is 0.133. The van der Waals surface area contributed by atoms with E-state index in [9.17, 15) is 4.79 Å². The molecule has 0 atom stereocenters. The maximum Gasteiger partial charge on any atom is 0.254 e. The molecule has 1 aromatic carbocycles. The molecule has 7 nitrogen and oxygen atoms in total. The molecule has 2 aromatic heterocycles. The molecular weight excluding hydrogens is 346 g/mol. The summed E-state index contributed by atoms with van der Waals surface area (Å²) in [6, 6.07) is 13.4. The summed E-state index contributed by atoms with van der Waals surface area (Å²) in [6.45, 7) is 0.312. The van der Waals surface area contributed by atoms with Crippen molar-refractivity contribution >= 4 is 29.0 Å². The van der Waals surface area contributed by atoms with Gasteiger partial charge in [-0.15, -0.1) is 21.5 Å². The number of nitrogens with zero attached hydrogens (tertiary/aromatic N) is 3. The van der Waals surface area contributed by atoms with Crippen molar-refractivity contribution in [3.05, 3.63) is 53.4 Å². The quantitative estimate of drug-likeness (QED) is 0.380. The molecule has 0 radical (unpaired) electrons. The number of benzene rings is 1. The highest BCUT2D eigenvalue weighted by Crippen LogP contribution is 2.24. The second-order valence-corrected chi connectivity index (χ2v) is 6.63. The maximum absolute atomic E-state index is 11.8. The summed E-state index contributed by atoms with van der Waals surface area (Å²) >= 11 is 2.72. The number of rotatable bonds is 7. The molecule has 0 saturated heterocycles. The van der Waals surface area contributed by atoms with Crippen molar-refractivity contribution in [2.24, 2.45) is 0 Å². The third-order valence-electron chi connectivity index (χ3n) is 3.01. The van der Waals surface area contributed by atoms with Gasteiger partial charge in [0.25, 0.3) is 5.91 Å². The number of amides is 1. The molecule has 9 heteroatoms. The number of carbonyl (C=O) groups is 1. The molecular formula is C15H15N5O2S2. The van der Waals surface area contributed by atoms with Crippen LogP contribution >= 0.6 is 23.1 Å². The minimum Gasteiger partial charge on any atom is -0.335 e. The van der Waals surface area contributed by atoms with Gasteiger partial charge in [0.1, 0.15) is 0 Å². The third kappa shape index (κ3) is 4.13. The van der Waals surface area contributed by atoms with Crippen LogP contribution in [0.5, 0.6) is 0 Å². The lowest BCUT2D eigenvalue weighted by molar-refractivity contribution is -0.131. The molecule has 0 unspecified atom stereocenters. The zero-order chi connectivity index (χ0) is 16.8. The van der Waals surface area contributed by atoms with Crippen LogP contribution in [-0.2, 0) is 16.2 Å². The molecule has 0 saturated carbocycles. The van der Waals surface area contributed by atoms with Gasteiger partial charge in [-0.2, -0.15) is 0 Å². The van der Waals surface area contributed by atoms with Crippen LogP contribution in [0, 0.1) is 0 Å². The van der Waals surface area contributed by atoms with E-state index in [-0.39, 0.29) is 11.7 Å². The van der Waals surface area contributed by atoms with Crippen LogP contribution in [0.15, 0.2) is 53.0 Å². The first-order valence-corrected chi connectivity index (χ1v) is 8.92. The summed E-state index contributed by atoms with van der Waals surface area (Å²) in [5.41, 5.74) is 3.38. The number of nitrogens with one attached hydrogen (secondary N) is 1. The van der Waals surface area contributed by atoms with Crippen LogP contribution < -0.4 is 11.3 Å². The molecule has 1 amide bonds. The van der Waals surface area contributed by atoms with E-state index in [1.165, 1.54) is 27.8 Å². The lowest BCUT2D eigenvalue weighted by Crippen LogP contribution is -2.25. The summed E-state index contributed by atoms with van der Waals surface area (Å²) in [6.07, 6.45) is 0. The zero-order valence-corrected chi connectivity index (χ0v) is 14.2. The van der Waals surface area contributed by atoms with Gasteiger partial charge in [0.2, 0.25) is 5.16 Å². The molecule has 0 fully saturated rings.